The lowest BCUT2D eigenvalue weighted by atomic mass is 10.3. The Kier molecular flexibility index (Phi) is 4.91. The van der Waals surface area contributed by atoms with Crippen LogP contribution in [-0.4, -0.2) is 41.7 Å². The van der Waals surface area contributed by atoms with Gasteiger partial charge in [-0.05, 0) is 32.7 Å². The van der Waals surface area contributed by atoms with Crippen molar-refractivity contribution in [2.45, 2.75) is 26.4 Å². The van der Waals surface area contributed by atoms with E-state index in [0.29, 0.717) is 24.0 Å². The third-order valence-corrected chi connectivity index (χ3v) is 2.69. The summed E-state index contributed by atoms with van der Waals surface area (Å²) in [4.78, 5) is 19.6. The molecule has 106 valence electrons. The monoisotopic (exact) mass is 275 g/mol. The number of carbonyl (C=O) groups excluding carboxylic acids is 1. The minimum Gasteiger partial charge on any atom is -0.473 e. The molecular weight excluding hydrogens is 258 g/mol. The molecule has 1 saturated heterocycles. The van der Waals surface area contributed by atoms with Crippen LogP contribution in [0.5, 0.6) is 5.88 Å². The number of esters is 1. The fourth-order valence-corrected chi connectivity index (χ4v) is 1.85. The molecule has 1 unspecified atom stereocenters. The largest absolute Gasteiger partial charge is 0.473 e. The van der Waals surface area contributed by atoms with Crippen LogP contribution in [0.2, 0.25) is 0 Å². The number of nitrogens with zero attached hydrogens (tertiary/aromatic N) is 2. The molecule has 0 aromatic carbocycles. The van der Waals surface area contributed by atoms with Gasteiger partial charge in [0.05, 0.1) is 6.61 Å². The fourth-order valence-electron chi connectivity index (χ4n) is 1.85. The van der Waals surface area contributed by atoms with Crippen LogP contribution in [0, 0.1) is 18.8 Å². The van der Waals surface area contributed by atoms with Crippen LogP contribution < -0.4 is 10.1 Å². The predicted molar refractivity (Wildman–Crippen MR) is 72.2 cm³/mol. The van der Waals surface area contributed by atoms with Crippen LogP contribution in [0.1, 0.15) is 24.9 Å². The molecular formula is C14H17N3O3. The van der Waals surface area contributed by atoms with Crippen molar-refractivity contribution < 1.29 is 14.3 Å². The molecule has 1 aliphatic rings. The molecule has 0 radical (unpaired) electrons. The minimum absolute atomic E-state index is 0.121. The second kappa shape index (κ2) is 6.87. The third-order valence-electron chi connectivity index (χ3n) is 2.69. The lowest BCUT2D eigenvalue weighted by molar-refractivity contribution is -0.136. The maximum Gasteiger partial charge on any atom is 0.384 e. The smallest absolute Gasteiger partial charge is 0.384 e. The van der Waals surface area contributed by atoms with Crippen LogP contribution in [-0.2, 0) is 9.53 Å². The number of nitrogens with one attached hydrogen (secondary N) is 1. The first-order valence-electron chi connectivity index (χ1n) is 6.59. The summed E-state index contributed by atoms with van der Waals surface area (Å²) in [6, 6.07) is 1.64. The van der Waals surface area contributed by atoms with Crippen molar-refractivity contribution in [3.05, 3.63) is 17.6 Å². The van der Waals surface area contributed by atoms with Gasteiger partial charge in [-0.25, -0.2) is 9.78 Å². The van der Waals surface area contributed by atoms with E-state index in [1.54, 1.807) is 19.9 Å². The van der Waals surface area contributed by atoms with E-state index in [1.165, 1.54) is 0 Å². The van der Waals surface area contributed by atoms with E-state index in [4.69, 9.17) is 9.47 Å². The highest BCUT2D eigenvalue weighted by Gasteiger charge is 2.16. The molecule has 20 heavy (non-hydrogen) atoms. The highest BCUT2D eigenvalue weighted by Crippen LogP contribution is 2.13. The molecule has 2 rings (SSSR count). The van der Waals surface area contributed by atoms with Crippen molar-refractivity contribution in [1.29, 1.82) is 0 Å². The fraction of sp³-hybridized carbons (Fsp3) is 0.500. The zero-order valence-corrected chi connectivity index (χ0v) is 11.6. The molecule has 0 aliphatic carbocycles. The SMILES string of the molecule is CCOC(=O)C#Cc1cc(OC2CCNC2)nc(C)n1. The first-order chi connectivity index (χ1) is 9.67. The number of aryl methyl sites for hydroxylation is 1. The number of aromatic nitrogens is 2. The Bertz CT molecular complexity index is 542. The predicted octanol–water partition coefficient (Wildman–Crippen LogP) is 0.440. The third kappa shape index (κ3) is 4.21. The van der Waals surface area contributed by atoms with Crippen LogP contribution in [0.4, 0.5) is 0 Å². The summed E-state index contributed by atoms with van der Waals surface area (Å²) >= 11 is 0. The van der Waals surface area contributed by atoms with Gasteiger partial charge >= 0.3 is 5.97 Å². The molecule has 0 amide bonds. The maximum atomic E-state index is 11.2. The minimum atomic E-state index is -0.564. The molecule has 1 aliphatic heterocycles. The molecule has 1 aromatic rings. The van der Waals surface area contributed by atoms with Gasteiger partial charge in [-0.3, -0.25) is 0 Å². The molecule has 0 spiro atoms. The first kappa shape index (κ1) is 14.3. The maximum absolute atomic E-state index is 11.2. The first-order valence-corrected chi connectivity index (χ1v) is 6.59. The molecule has 1 atom stereocenters. The van der Waals surface area contributed by atoms with E-state index in [9.17, 15) is 4.79 Å². The molecule has 1 aromatic heterocycles. The number of hydrogen-bond acceptors (Lipinski definition) is 6. The second-order valence-corrected chi connectivity index (χ2v) is 4.34. The quantitative estimate of drug-likeness (QED) is 0.637. The molecule has 1 N–H and O–H groups in total. The highest BCUT2D eigenvalue weighted by atomic mass is 16.5. The summed E-state index contributed by atoms with van der Waals surface area (Å²) in [5.74, 6) is 5.52. The lowest BCUT2D eigenvalue weighted by Crippen LogP contribution is -2.20. The Morgan fingerprint density at radius 1 is 1.55 bits per heavy atom. The van der Waals surface area contributed by atoms with Crippen LogP contribution in [0.25, 0.3) is 0 Å². The number of hydrogen-bond donors (Lipinski definition) is 1. The Labute approximate surface area is 117 Å². The second-order valence-electron chi connectivity index (χ2n) is 4.34. The van der Waals surface area contributed by atoms with Crippen molar-refractivity contribution in [1.82, 2.24) is 15.3 Å². The summed E-state index contributed by atoms with van der Waals surface area (Å²) in [7, 11) is 0. The van der Waals surface area contributed by atoms with E-state index in [2.05, 4.69) is 27.1 Å². The van der Waals surface area contributed by atoms with E-state index in [1.807, 2.05) is 0 Å². The Morgan fingerprint density at radius 2 is 2.40 bits per heavy atom. The van der Waals surface area contributed by atoms with E-state index < -0.39 is 5.97 Å². The van der Waals surface area contributed by atoms with Crippen LogP contribution in [0.3, 0.4) is 0 Å². The van der Waals surface area contributed by atoms with Gasteiger partial charge in [-0.15, -0.1) is 0 Å². The zero-order valence-electron chi connectivity index (χ0n) is 11.6. The molecule has 6 heteroatoms. The van der Waals surface area contributed by atoms with E-state index in [0.717, 1.165) is 19.5 Å². The van der Waals surface area contributed by atoms with Crippen LogP contribution in [0.15, 0.2) is 6.07 Å². The number of carbonyl (C=O) groups is 1. The van der Waals surface area contributed by atoms with E-state index in [-0.39, 0.29) is 6.10 Å². The summed E-state index contributed by atoms with van der Waals surface area (Å²) in [6.45, 7) is 5.56. The molecule has 2 heterocycles. The molecule has 0 bridgehead atoms. The standard InChI is InChI=1S/C14H17N3O3/c1-3-19-14(18)5-4-11-8-13(17-10(2)16-11)20-12-6-7-15-9-12/h8,12,15H,3,6-7,9H2,1-2H3. The average Bonchev–Trinajstić information content (AvgIpc) is 2.89. The topological polar surface area (TPSA) is 73.3 Å². The van der Waals surface area contributed by atoms with Crippen molar-refractivity contribution in [3.63, 3.8) is 0 Å². The summed E-state index contributed by atoms with van der Waals surface area (Å²) in [5.41, 5.74) is 0.450. The molecule has 0 saturated carbocycles. The average molecular weight is 275 g/mol. The summed E-state index contributed by atoms with van der Waals surface area (Å²) < 4.78 is 10.5. The number of rotatable bonds is 3. The molecule has 6 nitrogen and oxygen atoms in total. The van der Waals surface area contributed by atoms with Crippen molar-refractivity contribution >= 4 is 5.97 Å². The van der Waals surface area contributed by atoms with Gasteiger partial charge < -0.3 is 14.8 Å². The normalized spacial score (nSPS) is 17.2. The van der Waals surface area contributed by atoms with Crippen LogP contribution >= 0.6 is 0 Å². The van der Waals surface area contributed by atoms with Gasteiger partial charge in [-0.2, -0.15) is 4.98 Å². The van der Waals surface area contributed by atoms with Gasteiger partial charge in [0.25, 0.3) is 0 Å². The lowest BCUT2D eigenvalue weighted by Gasteiger charge is -2.11. The van der Waals surface area contributed by atoms with Crippen molar-refractivity contribution in [2.75, 3.05) is 19.7 Å². The zero-order chi connectivity index (χ0) is 14.4. The van der Waals surface area contributed by atoms with Gasteiger partial charge in [0, 0.05) is 18.5 Å². The van der Waals surface area contributed by atoms with Gasteiger partial charge in [0.2, 0.25) is 5.88 Å². The van der Waals surface area contributed by atoms with E-state index >= 15 is 0 Å². The highest BCUT2D eigenvalue weighted by molar-refractivity contribution is 5.89. The summed E-state index contributed by atoms with van der Waals surface area (Å²) in [6.07, 6.45) is 1.07. The Balaban J connectivity index is 2.09. The van der Waals surface area contributed by atoms with Crippen molar-refractivity contribution in [3.8, 4) is 17.7 Å². The number of ether oxygens (including phenoxy) is 2. The molecule has 1 fully saturated rings. The van der Waals surface area contributed by atoms with Gasteiger partial charge in [0.15, 0.2) is 0 Å². The summed E-state index contributed by atoms with van der Waals surface area (Å²) in [5, 5.41) is 3.22. The van der Waals surface area contributed by atoms with Gasteiger partial charge in [-0.1, -0.05) is 0 Å². The Morgan fingerprint density at radius 3 is 3.10 bits per heavy atom. The Hall–Kier alpha value is -2.13. The van der Waals surface area contributed by atoms with Crippen molar-refractivity contribution in [2.24, 2.45) is 0 Å². The van der Waals surface area contributed by atoms with Gasteiger partial charge in [0.1, 0.15) is 17.6 Å².